The number of nitrogens with one attached hydrogen (secondary N) is 1. The smallest absolute Gasteiger partial charge is 0.225 e. The van der Waals surface area contributed by atoms with E-state index in [0.717, 1.165) is 16.2 Å². The predicted octanol–water partition coefficient (Wildman–Crippen LogP) is 2.12. The maximum atomic E-state index is 5.73. The minimum Gasteiger partial charge on any atom is -0.261 e. The van der Waals surface area contributed by atoms with Gasteiger partial charge < -0.3 is 0 Å². The van der Waals surface area contributed by atoms with Crippen molar-refractivity contribution < 1.29 is 0 Å². The molecule has 0 saturated carbocycles. The minimum absolute atomic E-state index is 0.257. The van der Waals surface area contributed by atoms with Gasteiger partial charge in [-0.15, -0.1) is 11.8 Å². The molecule has 4 nitrogen and oxygen atoms in total. The second-order valence-corrected chi connectivity index (χ2v) is 3.95. The van der Waals surface area contributed by atoms with Crippen molar-refractivity contribution in [3.63, 3.8) is 0 Å². The van der Waals surface area contributed by atoms with E-state index in [0.29, 0.717) is 5.65 Å². The number of thioether (sulfide) groups is 1. The summed E-state index contributed by atoms with van der Waals surface area (Å²) in [6.45, 7) is 2.06. The average Bonchev–Trinajstić information content (AvgIpc) is 2.52. The Hall–Kier alpha value is -0.810. The van der Waals surface area contributed by atoms with Crippen LogP contribution in [0.4, 0.5) is 0 Å². The van der Waals surface area contributed by atoms with E-state index in [1.807, 2.05) is 0 Å². The predicted molar refractivity (Wildman–Crippen MR) is 53.1 cm³/mol. The number of H-pyrrole nitrogens is 1. The van der Waals surface area contributed by atoms with Gasteiger partial charge in [-0.3, -0.25) is 5.10 Å². The summed E-state index contributed by atoms with van der Waals surface area (Å²) in [6.07, 6.45) is 1.71. The Morgan fingerprint density at radius 3 is 3.15 bits per heavy atom. The van der Waals surface area contributed by atoms with Crippen LogP contribution in [0.15, 0.2) is 11.2 Å². The van der Waals surface area contributed by atoms with Gasteiger partial charge in [0.05, 0.1) is 11.6 Å². The molecule has 0 spiro atoms. The van der Waals surface area contributed by atoms with Gasteiger partial charge in [-0.1, -0.05) is 6.92 Å². The number of fused-ring (bicyclic) bond motifs is 1. The number of hydrogen-bond acceptors (Lipinski definition) is 4. The van der Waals surface area contributed by atoms with Crippen molar-refractivity contribution in [1.29, 1.82) is 0 Å². The Bertz CT molecular complexity index is 427. The first-order valence-electron chi connectivity index (χ1n) is 3.80. The topological polar surface area (TPSA) is 54.5 Å². The molecule has 0 atom stereocenters. The van der Waals surface area contributed by atoms with Crippen LogP contribution in [0.3, 0.4) is 0 Å². The molecule has 0 aliphatic heterocycles. The van der Waals surface area contributed by atoms with E-state index < -0.39 is 0 Å². The molecule has 68 valence electrons. The van der Waals surface area contributed by atoms with E-state index >= 15 is 0 Å². The molecule has 0 aliphatic rings. The SMILES string of the molecule is CCSc1nc(Cl)nc2[nH]ncc12. The highest BCUT2D eigenvalue weighted by Crippen LogP contribution is 2.24. The van der Waals surface area contributed by atoms with Gasteiger partial charge in [0.2, 0.25) is 5.28 Å². The van der Waals surface area contributed by atoms with Crippen LogP contribution >= 0.6 is 23.4 Å². The molecule has 0 aliphatic carbocycles. The Kier molecular flexibility index (Phi) is 2.37. The van der Waals surface area contributed by atoms with Crippen molar-refractivity contribution in [2.24, 2.45) is 0 Å². The van der Waals surface area contributed by atoms with Crippen LogP contribution in [0.25, 0.3) is 11.0 Å². The van der Waals surface area contributed by atoms with Gasteiger partial charge in [-0.25, -0.2) is 4.98 Å². The Morgan fingerprint density at radius 1 is 1.54 bits per heavy atom. The lowest BCUT2D eigenvalue weighted by molar-refractivity contribution is 1.07. The van der Waals surface area contributed by atoms with Gasteiger partial charge in [0.15, 0.2) is 5.65 Å². The van der Waals surface area contributed by atoms with Crippen LogP contribution < -0.4 is 0 Å². The van der Waals surface area contributed by atoms with Crippen molar-refractivity contribution in [1.82, 2.24) is 20.2 Å². The van der Waals surface area contributed by atoms with E-state index in [1.165, 1.54) is 0 Å². The van der Waals surface area contributed by atoms with E-state index in [4.69, 9.17) is 11.6 Å². The third-order valence-electron chi connectivity index (χ3n) is 1.53. The number of nitrogens with zero attached hydrogens (tertiary/aromatic N) is 3. The molecule has 2 heterocycles. The fourth-order valence-electron chi connectivity index (χ4n) is 1.03. The maximum Gasteiger partial charge on any atom is 0.225 e. The molecule has 13 heavy (non-hydrogen) atoms. The summed E-state index contributed by atoms with van der Waals surface area (Å²) in [4.78, 5) is 8.12. The number of aromatic nitrogens is 4. The molecule has 2 rings (SSSR count). The van der Waals surface area contributed by atoms with E-state index in [1.54, 1.807) is 18.0 Å². The molecule has 2 aromatic heterocycles. The Balaban J connectivity index is 2.63. The molecule has 0 radical (unpaired) electrons. The zero-order valence-corrected chi connectivity index (χ0v) is 8.48. The van der Waals surface area contributed by atoms with E-state index in [9.17, 15) is 0 Å². The highest BCUT2D eigenvalue weighted by atomic mass is 35.5. The lowest BCUT2D eigenvalue weighted by atomic mass is 10.4. The molecule has 1 N–H and O–H groups in total. The second-order valence-electron chi connectivity index (χ2n) is 2.36. The van der Waals surface area contributed by atoms with Gasteiger partial charge in [0.25, 0.3) is 0 Å². The summed E-state index contributed by atoms with van der Waals surface area (Å²) in [5.41, 5.74) is 0.691. The Labute approximate surface area is 84.1 Å². The quantitative estimate of drug-likeness (QED) is 0.473. The average molecular weight is 215 g/mol. The molecule has 0 saturated heterocycles. The largest absolute Gasteiger partial charge is 0.261 e. The molecular formula is C7H7ClN4S. The molecule has 0 unspecified atom stereocenters. The monoisotopic (exact) mass is 214 g/mol. The summed E-state index contributed by atoms with van der Waals surface area (Å²) in [5.74, 6) is 0.952. The zero-order chi connectivity index (χ0) is 9.26. The van der Waals surface area contributed by atoms with Crippen LogP contribution in [-0.4, -0.2) is 25.9 Å². The molecule has 0 amide bonds. The summed E-state index contributed by atoms with van der Waals surface area (Å²) < 4.78 is 0. The van der Waals surface area contributed by atoms with Crippen molar-refractivity contribution in [3.8, 4) is 0 Å². The van der Waals surface area contributed by atoms with Gasteiger partial charge >= 0.3 is 0 Å². The van der Waals surface area contributed by atoms with Crippen molar-refractivity contribution in [2.45, 2.75) is 11.9 Å². The molecule has 0 aromatic carbocycles. The number of hydrogen-bond donors (Lipinski definition) is 1. The van der Waals surface area contributed by atoms with Crippen molar-refractivity contribution >= 4 is 34.4 Å². The van der Waals surface area contributed by atoms with Crippen molar-refractivity contribution in [3.05, 3.63) is 11.5 Å². The van der Waals surface area contributed by atoms with Crippen LogP contribution in [-0.2, 0) is 0 Å². The van der Waals surface area contributed by atoms with Crippen LogP contribution in [0.5, 0.6) is 0 Å². The van der Waals surface area contributed by atoms with Crippen LogP contribution in [0.1, 0.15) is 6.92 Å². The highest BCUT2D eigenvalue weighted by molar-refractivity contribution is 7.99. The van der Waals surface area contributed by atoms with Gasteiger partial charge in [-0.2, -0.15) is 10.1 Å². The fourth-order valence-corrected chi connectivity index (χ4v) is 1.98. The number of rotatable bonds is 2. The summed E-state index contributed by atoms with van der Waals surface area (Å²) >= 11 is 7.36. The van der Waals surface area contributed by atoms with Gasteiger partial charge in [0, 0.05) is 0 Å². The molecule has 0 fully saturated rings. The number of halogens is 1. The molecule has 2 aromatic rings. The molecule has 0 bridgehead atoms. The maximum absolute atomic E-state index is 5.73. The summed E-state index contributed by atoms with van der Waals surface area (Å²) in [6, 6.07) is 0. The lowest BCUT2D eigenvalue weighted by Gasteiger charge is -1.98. The lowest BCUT2D eigenvalue weighted by Crippen LogP contribution is -1.87. The van der Waals surface area contributed by atoms with E-state index in [-0.39, 0.29) is 5.28 Å². The standard InChI is InChI=1S/C7H7ClN4S/c1-2-13-6-4-3-9-12-5(4)10-7(8)11-6/h3H,2H2,1H3,(H,9,10,11,12). The third-order valence-corrected chi connectivity index (χ3v) is 2.57. The summed E-state index contributed by atoms with van der Waals surface area (Å²) in [7, 11) is 0. The van der Waals surface area contributed by atoms with Crippen LogP contribution in [0, 0.1) is 0 Å². The first kappa shape index (κ1) is 8.77. The highest BCUT2D eigenvalue weighted by Gasteiger charge is 2.07. The first-order chi connectivity index (χ1) is 6.31. The van der Waals surface area contributed by atoms with Crippen molar-refractivity contribution in [2.75, 3.05) is 5.75 Å². The van der Waals surface area contributed by atoms with Gasteiger partial charge in [-0.05, 0) is 17.4 Å². The second kappa shape index (κ2) is 3.51. The van der Waals surface area contributed by atoms with E-state index in [2.05, 4.69) is 27.1 Å². The first-order valence-corrected chi connectivity index (χ1v) is 5.17. The molecular weight excluding hydrogens is 208 g/mol. The third kappa shape index (κ3) is 1.62. The normalized spacial score (nSPS) is 10.9. The molecule has 6 heteroatoms. The Morgan fingerprint density at radius 2 is 2.38 bits per heavy atom. The van der Waals surface area contributed by atoms with Gasteiger partial charge in [0.1, 0.15) is 5.03 Å². The number of aromatic amines is 1. The summed E-state index contributed by atoms with van der Waals surface area (Å²) in [5, 5.41) is 8.71. The fraction of sp³-hybridized carbons (Fsp3) is 0.286. The zero-order valence-electron chi connectivity index (χ0n) is 6.91. The minimum atomic E-state index is 0.257. The van der Waals surface area contributed by atoms with Crippen LogP contribution in [0.2, 0.25) is 5.28 Å².